The van der Waals surface area contributed by atoms with Crippen LogP contribution in [0.2, 0.25) is 0 Å². The van der Waals surface area contributed by atoms with Crippen LogP contribution in [-0.2, 0) is 0 Å². The Morgan fingerprint density at radius 2 is 2.00 bits per heavy atom. The van der Waals surface area contributed by atoms with Crippen molar-refractivity contribution in [3.05, 3.63) is 0 Å². The van der Waals surface area contributed by atoms with Gasteiger partial charge in [-0.2, -0.15) is 5.26 Å². The Kier molecular flexibility index (Phi) is 3.14. The van der Waals surface area contributed by atoms with E-state index in [0.29, 0.717) is 5.41 Å². The highest BCUT2D eigenvalue weighted by Gasteiger charge is 2.37. The van der Waals surface area contributed by atoms with Gasteiger partial charge in [-0.3, -0.25) is 0 Å². The Hall–Kier alpha value is -0.510. The lowest BCUT2D eigenvalue weighted by Crippen LogP contribution is -2.24. The first kappa shape index (κ1) is 9.58. The summed E-state index contributed by atoms with van der Waals surface area (Å²) in [5, 5.41) is 8.79. The summed E-state index contributed by atoms with van der Waals surface area (Å²) in [5.41, 5.74) is 0.392. The van der Waals surface area contributed by atoms with Crippen LogP contribution in [0.3, 0.4) is 0 Å². The maximum Gasteiger partial charge on any atom is 0.0627 e. The number of nitrogens with zero attached hydrogens (tertiary/aromatic N) is 1. The van der Waals surface area contributed by atoms with Gasteiger partial charge in [0.25, 0.3) is 0 Å². The number of rotatable bonds is 3. The zero-order valence-electron chi connectivity index (χ0n) is 8.27. The van der Waals surface area contributed by atoms with E-state index in [-0.39, 0.29) is 0 Å². The van der Waals surface area contributed by atoms with Crippen LogP contribution >= 0.6 is 0 Å². The molecule has 1 heteroatoms. The highest BCUT2D eigenvalue weighted by Crippen LogP contribution is 2.47. The molecular formula is C11H19N. The summed E-state index contributed by atoms with van der Waals surface area (Å²) < 4.78 is 0. The number of hydrogen-bond acceptors (Lipinski definition) is 1. The van der Waals surface area contributed by atoms with Crippen LogP contribution in [-0.4, -0.2) is 0 Å². The molecule has 0 aromatic heterocycles. The van der Waals surface area contributed by atoms with Gasteiger partial charge in [-0.05, 0) is 24.2 Å². The maximum atomic E-state index is 8.79. The predicted octanol–water partition coefficient (Wildman–Crippen LogP) is 3.51. The topological polar surface area (TPSA) is 23.8 Å². The zero-order chi connectivity index (χ0) is 9.03. The van der Waals surface area contributed by atoms with Crippen LogP contribution < -0.4 is 0 Å². The summed E-state index contributed by atoms with van der Waals surface area (Å²) in [6.45, 7) is 4.55. The third kappa shape index (κ3) is 1.63. The Morgan fingerprint density at radius 1 is 1.42 bits per heavy atom. The van der Waals surface area contributed by atoms with Gasteiger partial charge in [0.1, 0.15) is 0 Å². The molecule has 1 saturated carbocycles. The van der Waals surface area contributed by atoms with Crippen LogP contribution in [0, 0.1) is 22.7 Å². The normalized spacial score (nSPS) is 23.4. The molecule has 0 spiro atoms. The fourth-order valence-electron chi connectivity index (χ4n) is 2.51. The molecule has 1 rings (SSSR count). The minimum absolute atomic E-state index is 0.392. The van der Waals surface area contributed by atoms with Gasteiger partial charge in [0.15, 0.2) is 0 Å². The van der Waals surface area contributed by atoms with Gasteiger partial charge in [0.05, 0.1) is 6.07 Å². The standard InChI is InChI=1S/C11H19N/c1-3-10(2)11(8-9-12)6-4-5-7-11/h10H,3-8H2,1-2H3. The second-order valence-electron chi connectivity index (χ2n) is 4.21. The van der Waals surface area contributed by atoms with Crippen molar-refractivity contribution in [1.29, 1.82) is 5.26 Å². The molecule has 12 heavy (non-hydrogen) atoms. The van der Waals surface area contributed by atoms with E-state index >= 15 is 0 Å². The molecule has 0 saturated heterocycles. The van der Waals surface area contributed by atoms with Crippen molar-refractivity contribution >= 4 is 0 Å². The summed E-state index contributed by atoms with van der Waals surface area (Å²) >= 11 is 0. The van der Waals surface area contributed by atoms with Gasteiger partial charge in [-0.15, -0.1) is 0 Å². The average molecular weight is 165 g/mol. The number of hydrogen-bond donors (Lipinski definition) is 0. The lowest BCUT2D eigenvalue weighted by atomic mass is 9.71. The summed E-state index contributed by atoms with van der Waals surface area (Å²) in [5.74, 6) is 0.736. The second-order valence-corrected chi connectivity index (χ2v) is 4.21. The van der Waals surface area contributed by atoms with E-state index in [1.807, 2.05) is 0 Å². The lowest BCUT2D eigenvalue weighted by molar-refractivity contribution is 0.181. The SMILES string of the molecule is CCC(C)C1(CC#N)CCCC1. The van der Waals surface area contributed by atoms with Gasteiger partial charge < -0.3 is 0 Å². The van der Waals surface area contributed by atoms with E-state index in [1.165, 1.54) is 32.1 Å². The van der Waals surface area contributed by atoms with Gasteiger partial charge in [-0.1, -0.05) is 33.1 Å². The summed E-state index contributed by atoms with van der Waals surface area (Å²) in [6, 6.07) is 2.37. The average Bonchev–Trinajstić information content (AvgIpc) is 2.53. The summed E-state index contributed by atoms with van der Waals surface area (Å²) in [7, 11) is 0. The van der Waals surface area contributed by atoms with E-state index in [4.69, 9.17) is 5.26 Å². The van der Waals surface area contributed by atoms with E-state index < -0.39 is 0 Å². The molecular weight excluding hydrogens is 146 g/mol. The van der Waals surface area contributed by atoms with Crippen molar-refractivity contribution in [1.82, 2.24) is 0 Å². The molecule has 0 N–H and O–H groups in total. The van der Waals surface area contributed by atoms with E-state index in [9.17, 15) is 0 Å². The quantitative estimate of drug-likeness (QED) is 0.627. The molecule has 0 heterocycles. The molecule has 0 aliphatic heterocycles. The van der Waals surface area contributed by atoms with E-state index in [0.717, 1.165) is 12.3 Å². The van der Waals surface area contributed by atoms with Crippen molar-refractivity contribution in [2.24, 2.45) is 11.3 Å². The molecule has 1 atom stereocenters. The molecule has 0 amide bonds. The zero-order valence-corrected chi connectivity index (χ0v) is 8.27. The third-order valence-electron chi connectivity index (χ3n) is 3.69. The fraction of sp³-hybridized carbons (Fsp3) is 0.909. The first-order valence-corrected chi connectivity index (χ1v) is 5.12. The molecule has 0 aromatic rings. The Labute approximate surface area is 75.8 Å². The van der Waals surface area contributed by atoms with Crippen LogP contribution in [0.4, 0.5) is 0 Å². The van der Waals surface area contributed by atoms with Gasteiger partial charge >= 0.3 is 0 Å². The van der Waals surface area contributed by atoms with Crippen molar-refractivity contribution in [2.75, 3.05) is 0 Å². The minimum Gasteiger partial charge on any atom is -0.198 e. The highest BCUT2D eigenvalue weighted by atomic mass is 14.4. The Morgan fingerprint density at radius 3 is 2.42 bits per heavy atom. The predicted molar refractivity (Wildman–Crippen MR) is 50.6 cm³/mol. The first-order chi connectivity index (χ1) is 5.75. The van der Waals surface area contributed by atoms with Crippen molar-refractivity contribution in [2.45, 2.75) is 52.4 Å². The highest BCUT2D eigenvalue weighted by molar-refractivity contribution is 4.94. The number of nitriles is 1. The molecule has 1 aliphatic carbocycles. The Bertz CT molecular complexity index is 172. The first-order valence-electron chi connectivity index (χ1n) is 5.12. The second kappa shape index (κ2) is 3.94. The summed E-state index contributed by atoms with van der Waals surface area (Å²) in [4.78, 5) is 0. The molecule has 1 unspecified atom stereocenters. The fourth-order valence-corrected chi connectivity index (χ4v) is 2.51. The van der Waals surface area contributed by atoms with Crippen molar-refractivity contribution < 1.29 is 0 Å². The molecule has 0 aromatic carbocycles. The molecule has 1 nitrogen and oxygen atoms in total. The largest absolute Gasteiger partial charge is 0.198 e. The van der Waals surface area contributed by atoms with E-state index in [1.54, 1.807) is 0 Å². The molecule has 1 aliphatic rings. The van der Waals surface area contributed by atoms with E-state index in [2.05, 4.69) is 19.9 Å². The lowest BCUT2D eigenvalue weighted by Gasteiger charge is -2.32. The molecule has 68 valence electrons. The van der Waals surface area contributed by atoms with Crippen molar-refractivity contribution in [3.63, 3.8) is 0 Å². The van der Waals surface area contributed by atoms with Crippen LogP contribution in [0.15, 0.2) is 0 Å². The minimum atomic E-state index is 0.392. The monoisotopic (exact) mass is 165 g/mol. The smallest absolute Gasteiger partial charge is 0.0627 e. The van der Waals surface area contributed by atoms with Crippen LogP contribution in [0.5, 0.6) is 0 Å². The van der Waals surface area contributed by atoms with Crippen molar-refractivity contribution in [3.8, 4) is 6.07 Å². The molecule has 0 bridgehead atoms. The maximum absolute atomic E-state index is 8.79. The van der Waals surface area contributed by atoms with Crippen LogP contribution in [0.25, 0.3) is 0 Å². The van der Waals surface area contributed by atoms with Gasteiger partial charge in [-0.25, -0.2) is 0 Å². The van der Waals surface area contributed by atoms with Crippen LogP contribution in [0.1, 0.15) is 52.4 Å². The third-order valence-corrected chi connectivity index (χ3v) is 3.69. The van der Waals surface area contributed by atoms with Gasteiger partial charge in [0, 0.05) is 6.42 Å². The summed E-state index contributed by atoms with van der Waals surface area (Å²) in [6.07, 6.45) is 7.26. The Balaban J connectivity index is 2.65. The molecule has 1 fully saturated rings. The van der Waals surface area contributed by atoms with Gasteiger partial charge in [0.2, 0.25) is 0 Å². The molecule has 0 radical (unpaired) electrons.